The Hall–Kier alpha value is -1.04. The first-order chi connectivity index (χ1) is 10.2. The van der Waals surface area contributed by atoms with Crippen LogP contribution in [0, 0.1) is 5.82 Å². The summed E-state index contributed by atoms with van der Waals surface area (Å²) < 4.78 is 18.4. The highest BCUT2D eigenvalue weighted by Crippen LogP contribution is 2.18. The van der Waals surface area contributed by atoms with Crippen LogP contribution in [-0.4, -0.2) is 49.3 Å². The predicted octanol–water partition coefficient (Wildman–Crippen LogP) is 2.37. The van der Waals surface area contributed by atoms with Gasteiger partial charge in [-0.05, 0) is 51.5 Å². The maximum atomic E-state index is 13.0. The topological polar surface area (TPSA) is 37.4 Å². The Morgan fingerprint density at radius 1 is 1.43 bits per heavy atom. The summed E-state index contributed by atoms with van der Waals surface area (Å²) in [5.41, 5.74) is 0.915. The van der Waals surface area contributed by atoms with Crippen molar-refractivity contribution in [3.05, 3.63) is 29.8 Å². The number of nitrogens with one attached hydrogen (secondary N) is 1. The van der Waals surface area contributed by atoms with Crippen LogP contribution in [0.25, 0.3) is 0 Å². The van der Waals surface area contributed by atoms with Gasteiger partial charge in [0.2, 0.25) is 0 Å². The fourth-order valence-electron chi connectivity index (χ4n) is 2.84. The lowest BCUT2D eigenvalue weighted by Crippen LogP contribution is -2.38. The molecule has 0 radical (unpaired) electrons. The van der Waals surface area contributed by atoms with Gasteiger partial charge in [0.05, 0.1) is 17.9 Å². The molecule has 1 aliphatic heterocycles. The van der Waals surface area contributed by atoms with E-state index in [-0.39, 0.29) is 11.9 Å². The molecule has 1 aliphatic rings. The molecule has 1 aromatic rings. The molecule has 2 heterocycles. The third kappa shape index (κ3) is 5.02. The molecule has 1 atom stereocenters. The zero-order chi connectivity index (χ0) is 15.1. The lowest BCUT2D eigenvalue weighted by atomic mass is 10.1. The quantitative estimate of drug-likeness (QED) is 0.838. The number of hydrogen-bond acceptors (Lipinski definition) is 4. The fourth-order valence-corrected chi connectivity index (χ4v) is 2.84. The Morgan fingerprint density at radius 3 is 2.81 bits per heavy atom. The number of ether oxygens (including phenoxy) is 1. The van der Waals surface area contributed by atoms with Crippen molar-refractivity contribution in [1.82, 2.24) is 15.2 Å². The summed E-state index contributed by atoms with van der Waals surface area (Å²) in [6, 6.07) is 4.05. The molecule has 0 amide bonds. The second-order valence-corrected chi connectivity index (χ2v) is 5.62. The Balaban J connectivity index is 1.88. The van der Waals surface area contributed by atoms with Gasteiger partial charge in [0.1, 0.15) is 5.82 Å². The molecule has 0 saturated carbocycles. The van der Waals surface area contributed by atoms with E-state index in [9.17, 15) is 4.39 Å². The largest absolute Gasteiger partial charge is 0.381 e. The Kier molecular flexibility index (Phi) is 6.54. The second kappa shape index (κ2) is 8.41. The Bertz CT molecular complexity index is 406. The Morgan fingerprint density at radius 2 is 2.19 bits per heavy atom. The first kappa shape index (κ1) is 16.3. The summed E-state index contributed by atoms with van der Waals surface area (Å²) >= 11 is 0. The summed E-state index contributed by atoms with van der Waals surface area (Å²) in [7, 11) is 2.18. The van der Waals surface area contributed by atoms with Gasteiger partial charge in [-0.25, -0.2) is 4.39 Å². The van der Waals surface area contributed by atoms with Crippen molar-refractivity contribution in [2.75, 3.05) is 33.4 Å². The molecular formula is C16H26FN3O. The molecule has 0 aliphatic carbocycles. The fraction of sp³-hybridized carbons (Fsp3) is 0.688. The molecule has 1 fully saturated rings. The summed E-state index contributed by atoms with van der Waals surface area (Å²) in [6.45, 7) is 5.70. The van der Waals surface area contributed by atoms with Crippen LogP contribution in [0.15, 0.2) is 18.3 Å². The van der Waals surface area contributed by atoms with Crippen molar-refractivity contribution >= 4 is 0 Å². The molecule has 0 spiro atoms. The average Bonchev–Trinajstić information content (AvgIpc) is 2.53. The SMILES string of the molecule is CCNC(CCN(C)C1CCOCC1)c1ccc(F)cn1. The van der Waals surface area contributed by atoms with Gasteiger partial charge in [0.15, 0.2) is 0 Å². The lowest BCUT2D eigenvalue weighted by Gasteiger charge is -2.32. The van der Waals surface area contributed by atoms with Crippen LogP contribution in [0.3, 0.4) is 0 Å². The molecule has 5 heteroatoms. The van der Waals surface area contributed by atoms with Crippen molar-refractivity contribution in [2.45, 2.75) is 38.3 Å². The van der Waals surface area contributed by atoms with Crippen LogP contribution < -0.4 is 5.32 Å². The van der Waals surface area contributed by atoms with Crippen LogP contribution in [0.2, 0.25) is 0 Å². The summed E-state index contributed by atoms with van der Waals surface area (Å²) in [6.07, 6.45) is 4.48. The van der Waals surface area contributed by atoms with E-state index in [1.165, 1.54) is 12.3 Å². The van der Waals surface area contributed by atoms with Crippen LogP contribution >= 0.6 is 0 Å². The maximum Gasteiger partial charge on any atom is 0.141 e. The summed E-state index contributed by atoms with van der Waals surface area (Å²) in [5, 5.41) is 3.44. The molecule has 118 valence electrons. The number of aromatic nitrogens is 1. The van der Waals surface area contributed by atoms with Gasteiger partial charge in [-0.1, -0.05) is 6.92 Å². The smallest absolute Gasteiger partial charge is 0.141 e. The van der Waals surface area contributed by atoms with Gasteiger partial charge in [-0.3, -0.25) is 4.98 Å². The highest BCUT2D eigenvalue weighted by Gasteiger charge is 2.20. The first-order valence-electron chi connectivity index (χ1n) is 7.83. The third-order valence-corrected chi connectivity index (χ3v) is 4.14. The van der Waals surface area contributed by atoms with E-state index in [0.717, 1.165) is 51.3 Å². The van der Waals surface area contributed by atoms with E-state index >= 15 is 0 Å². The lowest BCUT2D eigenvalue weighted by molar-refractivity contribution is 0.0419. The molecular weight excluding hydrogens is 269 g/mol. The second-order valence-electron chi connectivity index (χ2n) is 5.62. The van der Waals surface area contributed by atoms with Gasteiger partial charge < -0.3 is 15.0 Å². The Labute approximate surface area is 126 Å². The van der Waals surface area contributed by atoms with Gasteiger partial charge in [0, 0.05) is 19.3 Å². The number of pyridine rings is 1. The highest BCUT2D eigenvalue weighted by atomic mass is 19.1. The molecule has 4 nitrogen and oxygen atoms in total. The van der Waals surface area contributed by atoms with E-state index < -0.39 is 0 Å². The zero-order valence-electron chi connectivity index (χ0n) is 13.0. The minimum absolute atomic E-state index is 0.179. The molecule has 1 saturated heterocycles. The van der Waals surface area contributed by atoms with Crippen molar-refractivity contribution in [3.8, 4) is 0 Å². The first-order valence-corrected chi connectivity index (χ1v) is 7.83. The van der Waals surface area contributed by atoms with Gasteiger partial charge >= 0.3 is 0 Å². The predicted molar refractivity (Wildman–Crippen MR) is 81.7 cm³/mol. The van der Waals surface area contributed by atoms with Crippen LogP contribution in [0.5, 0.6) is 0 Å². The van der Waals surface area contributed by atoms with Gasteiger partial charge in [-0.15, -0.1) is 0 Å². The molecule has 1 aromatic heterocycles. The third-order valence-electron chi connectivity index (χ3n) is 4.14. The van der Waals surface area contributed by atoms with Crippen molar-refractivity contribution in [1.29, 1.82) is 0 Å². The number of halogens is 1. The molecule has 0 aromatic carbocycles. The van der Waals surface area contributed by atoms with E-state index in [1.807, 2.05) is 0 Å². The average molecular weight is 295 g/mol. The van der Waals surface area contributed by atoms with E-state index in [1.54, 1.807) is 6.07 Å². The number of rotatable bonds is 7. The molecule has 2 rings (SSSR count). The summed E-state index contributed by atoms with van der Waals surface area (Å²) in [5.74, 6) is -0.284. The van der Waals surface area contributed by atoms with Crippen LogP contribution in [-0.2, 0) is 4.74 Å². The summed E-state index contributed by atoms with van der Waals surface area (Å²) in [4.78, 5) is 6.62. The van der Waals surface area contributed by atoms with Crippen LogP contribution in [0.1, 0.15) is 37.9 Å². The van der Waals surface area contributed by atoms with Crippen molar-refractivity contribution < 1.29 is 9.13 Å². The van der Waals surface area contributed by atoms with Gasteiger partial charge in [-0.2, -0.15) is 0 Å². The van der Waals surface area contributed by atoms with E-state index in [4.69, 9.17) is 4.74 Å². The highest BCUT2D eigenvalue weighted by molar-refractivity contribution is 5.10. The van der Waals surface area contributed by atoms with E-state index in [2.05, 4.69) is 29.2 Å². The van der Waals surface area contributed by atoms with Crippen molar-refractivity contribution in [3.63, 3.8) is 0 Å². The number of hydrogen-bond donors (Lipinski definition) is 1. The minimum atomic E-state index is -0.284. The standard InChI is InChI=1S/C16H26FN3O/c1-3-18-16(15-5-4-13(17)12-19-15)6-9-20(2)14-7-10-21-11-8-14/h4-5,12,14,16,18H,3,6-11H2,1-2H3. The monoisotopic (exact) mass is 295 g/mol. The molecule has 0 bridgehead atoms. The minimum Gasteiger partial charge on any atom is -0.381 e. The van der Waals surface area contributed by atoms with Crippen molar-refractivity contribution in [2.24, 2.45) is 0 Å². The molecule has 21 heavy (non-hydrogen) atoms. The maximum absolute atomic E-state index is 13.0. The van der Waals surface area contributed by atoms with E-state index in [0.29, 0.717) is 6.04 Å². The number of nitrogens with zero attached hydrogens (tertiary/aromatic N) is 2. The van der Waals surface area contributed by atoms with Crippen LogP contribution in [0.4, 0.5) is 4.39 Å². The molecule has 1 N–H and O–H groups in total. The normalized spacial score (nSPS) is 18.1. The zero-order valence-corrected chi connectivity index (χ0v) is 13.0. The van der Waals surface area contributed by atoms with Gasteiger partial charge in [0.25, 0.3) is 0 Å². The molecule has 1 unspecified atom stereocenters.